The molecule has 0 saturated carbocycles. The number of thiophene rings is 1. The van der Waals surface area contributed by atoms with Crippen molar-refractivity contribution in [2.45, 2.75) is 0 Å². The molecule has 0 saturated heterocycles. The minimum absolute atomic E-state index is 0.577. The van der Waals surface area contributed by atoms with Crippen molar-refractivity contribution >= 4 is 64.3 Å². The fraction of sp³-hybridized carbons (Fsp3) is 0. The Kier molecular flexibility index (Phi) is 7.61. The molecule has 0 aliphatic rings. The van der Waals surface area contributed by atoms with Crippen molar-refractivity contribution in [3.8, 4) is 56.9 Å². The molecule has 0 fully saturated rings. The van der Waals surface area contributed by atoms with Crippen LogP contribution in [0.15, 0.2) is 194 Å². The second-order valence-electron chi connectivity index (χ2n) is 14.7. The van der Waals surface area contributed by atoms with Crippen molar-refractivity contribution < 1.29 is 0 Å². The Morgan fingerprint density at radius 2 is 1.02 bits per heavy atom. The third-order valence-electron chi connectivity index (χ3n) is 11.2. The van der Waals surface area contributed by atoms with Gasteiger partial charge in [0, 0.05) is 53.3 Å². The van der Waals surface area contributed by atoms with Gasteiger partial charge in [-0.05, 0) is 77.9 Å². The number of nitrogens with zero attached hydrogens (tertiary/aromatic N) is 6. The van der Waals surface area contributed by atoms with E-state index < -0.39 is 0 Å². The Balaban J connectivity index is 1.06. The van der Waals surface area contributed by atoms with Crippen LogP contribution in [-0.2, 0) is 0 Å². The molecule has 0 amide bonds. The lowest BCUT2D eigenvalue weighted by molar-refractivity contribution is 0.954. The fourth-order valence-corrected chi connectivity index (χ4v) is 9.66. The summed E-state index contributed by atoms with van der Waals surface area (Å²) in [6.45, 7) is 0. The predicted molar refractivity (Wildman–Crippen MR) is 243 cm³/mol. The number of fused-ring (bicyclic) bond motifs is 7. The third kappa shape index (κ3) is 5.47. The molecule has 4 heterocycles. The molecule has 0 N–H and O–H groups in total. The maximum absolute atomic E-state index is 5.34. The van der Waals surface area contributed by atoms with Crippen molar-refractivity contribution in [1.29, 1.82) is 0 Å². The molecule has 4 aromatic heterocycles. The SMILES string of the molecule is c1ccc(-c2ccc3c(c2)c2ccccc2n3-c2nc(-c3ccccc3)nc(-c3cccc4c3sc3ccc(-c5nc6ccccc6n5-c5ccccc5)cc34)n2)cc1. The van der Waals surface area contributed by atoms with E-state index in [1.165, 1.54) is 21.2 Å². The van der Waals surface area contributed by atoms with Crippen molar-refractivity contribution in [3.05, 3.63) is 194 Å². The minimum Gasteiger partial charge on any atom is -0.292 e. The summed E-state index contributed by atoms with van der Waals surface area (Å²) in [4.78, 5) is 20.9. The third-order valence-corrected chi connectivity index (χ3v) is 12.4. The Morgan fingerprint density at radius 3 is 1.85 bits per heavy atom. The summed E-state index contributed by atoms with van der Waals surface area (Å²) in [7, 11) is 0. The topological polar surface area (TPSA) is 61.4 Å². The van der Waals surface area contributed by atoms with Gasteiger partial charge in [-0.2, -0.15) is 9.97 Å². The van der Waals surface area contributed by atoms with Crippen LogP contribution in [0.25, 0.3) is 110 Å². The van der Waals surface area contributed by atoms with Crippen LogP contribution in [0.1, 0.15) is 0 Å². The van der Waals surface area contributed by atoms with Gasteiger partial charge in [-0.15, -0.1) is 11.3 Å². The van der Waals surface area contributed by atoms with E-state index in [0.29, 0.717) is 17.6 Å². The molecule has 276 valence electrons. The first-order chi connectivity index (χ1) is 29.2. The van der Waals surface area contributed by atoms with E-state index in [4.69, 9.17) is 19.9 Å². The zero-order valence-electron chi connectivity index (χ0n) is 31.6. The molecule has 12 aromatic rings. The zero-order valence-corrected chi connectivity index (χ0v) is 32.4. The van der Waals surface area contributed by atoms with E-state index in [0.717, 1.165) is 71.1 Å². The highest BCUT2D eigenvalue weighted by Crippen LogP contribution is 2.42. The summed E-state index contributed by atoms with van der Waals surface area (Å²) in [5, 5.41) is 4.62. The zero-order chi connectivity index (χ0) is 38.9. The van der Waals surface area contributed by atoms with Crippen molar-refractivity contribution in [3.63, 3.8) is 0 Å². The fourth-order valence-electron chi connectivity index (χ4n) is 8.47. The molecular formula is C52H32N6S. The van der Waals surface area contributed by atoms with Crippen LogP contribution < -0.4 is 0 Å². The number of aromatic nitrogens is 6. The number of rotatable bonds is 6. The first-order valence-electron chi connectivity index (χ1n) is 19.6. The maximum atomic E-state index is 5.34. The average Bonchev–Trinajstić information content (AvgIpc) is 3.99. The number of benzene rings is 8. The predicted octanol–water partition coefficient (Wildman–Crippen LogP) is 13.3. The van der Waals surface area contributed by atoms with Gasteiger partial charge in [0.05, 0.1) is 22.1 Å². The van der Waals surface area contributed by atoms with E-state index in [-0.39, 0.29) is 0 Å². The molecule has 7 heteroatoms. The number of para-hydroxylation sites is 4. The van der Waals surface area contributed by atoms with Gasteiger partial charge in [-0.25, -0.2) is 9.97 Å². The van der Waals surface area contributed by atoms with Crippen molar-refractivity contribution in [2.24, 2.45) is 0 Å². The van der Waals surface area contributed by atoms with Crippen LogP contribution in [0.2, 0.25) is 0 Å². The van der Waals surface area contributed by atoms with Gasteiger partial charge in [0.2, 0.25) is 5.95 Å². The van der Waals surface area contributed by atoms with Gasteiger partial charge < -0.3 is 0 Å². The number of hydrogen-bond donors (Lipinski definition) is 0. The highest BCUT2D eigenvalue weighted by molar-refractivity contribution is 7.26. The van der Waals surface area contributed by atoms with E-state index >= 15 is 0 Å². The van der Waals surface area contributed by atoms with Gasteiger partial charge in [0.25, 0.3) is 0 Å². The molecule has 6 nitrogen and oxygen atoms in total. The Morgan fingerprint density at radius 1 is 0.373 bits per heavy atom. The van der Waals surface area contributed by atoms with Crippen molar-refractivity contribution in [1.82, 2.24) is 29.1 Å². The lowest BCUT2D eigenvalue weighted by Crippen LogP contribution is -2.06. The quantitative estimate of drug-likeness (QED) is 0.169. The average molecular weight is 773 g/mol. The lowest BCUT2D eigenvalue weighted by Gasteiger charge is -2.11. The molecule has 12 rings (SSSR count). The Bertz CT molecular complexity index is 3550. The van der Waals surface area contributed by atoms with Gasteiger partial charge in [0.15, 0.2) is 11.6 Å². The highest BCUT2D eigenvalue weighted by Gasteiger charge is 2.21. The Hall–Kier alpha value is -7.74. The summed E-state index contributed by atoms with van der Waals surface area (Å²) in [6.07, 6.45) is 0. The van der Waals surface area contributed by atoms with E-state index in [1.807, 2.05) is 30.3 Å². The van der Waals surface area contributed by atoms with Crippen LogP contribution in [0, 0.1) is 0 Å². The monoisotopic (exact) mass is 772 g/mol. The van der Waals surface area contributed by atoms with Gasteiger partial charge in [-0.1, -0.05) is 127 Å². The molecule has 0 radical (unpaired) electrons. The van der Waals surface area contributed by atoms with Crippen LogP contribution in [0.4, 0.5) is 0 Å². The van der Waals surface area contributed by atoms with Crippen molar-refractivity contribution in [2.75, 3.05) is 0 Å². The van der Waals surface area contributed by atoms with E-state index in [2.05, 4.69) is 173 Å². The summed E-state index contributed by atoms with van der Waals surface area (Å²) in [6, 6.07) is 67.9. The largest absolute Gasteiger partial charge is 0.292 e. The van der Waals surface area contributed by atoms with Gasteiger partial charge >= 0.3 is 0 Å². The van der Waals surface area contributed by atoms with Crippen LogP contribution >= 0.6 is 11.3 Å². The van der Waals surface area contributed by atoms with Gasteiger partial charge in [-0.3, -0.25) is 9.13 Å². The lowest BCUT2D eigenvalue weighted by atomic mass is 10.0. The maximum Gasteiger partial charge on any atom is 0.238 e. The molecule has 0 bridgehead atoms. The summed E-state index contributed by atoms with van der Waals surface area (Å²) in [5.74, 6) is 2.74. The standard InChI is InChI=1S/C52H32N6S/c1-4-15-33(16-5-1)35-27-29-45-41(31-35)38-21-10-12-25-44(38)58(45)52-55-49(34-17-6-2-7-18-34)54-50(56-52)40-23-14-22-39-42-32-36(28-30-47(42)59-48(39)40)51-53-43-24-11-13-26-46(43)57(51)37-19-8-3-9-20-37/h1-32H. The van der Waals surface area contributed by atoms with E-state index in [9.17, 15) is 0 Å². The first kappa shape index (κ1) is 33.4. The van der Waals surface area contributed by atoms with Gasteiger partial charge in [0.1, 0.15) is 5.82 Å². The van der Waals surface area contributed by atoms with Crippen LogP contribution in [0.5, 0.6) is 0 Å². The molecule has 0 spiro atoms. The second-order valence-corrected chi connectivity index (χ2v) is 15.7. The minimum atomic E-state index is 0.577. The second kappa shape index (κ2) is 13.4. The Labute approximate surface area is 343 Å². The number of hydrogen-bond acceptors (Lipinski definition) is 5. The molecule has 8 aromatic carbocycles. The molecule has 0 atom stereocenters. The van der Waals surface area contributed by atoms with E-state index in [1.54, 1.807) is 11.3 Å². The summed E-state index contributed by atoms with van der Waals surface area (Å²) < 4.78 is 6.76. The first-order valence-corrected chi connectivity index (χ1v) is 20.5. The molecule has 59 heavy (non-hydrogen) atoms. The van der Waals surface area contributed by atoms with Crippen LogP contribution in [-0.4, -0.2) is 29.1 Å². The van der Waals surface area contributed by atoms with Crippen LogP contribution in [0.3, 0.4) is 0 Å². The molecule has 0 aliphatic heterocycles. The number of imidazole rings is 1. The molecular weight excluding hydrogens is 741 g/mol. The molecule has 0 unspecified atom stereocenters. The smallest absolute Gasteiger partial charge is 0.238 e. The summed E-state index contributed by atoms with van der Waals surface area (Å²) in [5.41, 5.74) is 10.5. The summed E-state index contributed by atoms with van der Waals surface area (Å²) >= 11 is 1.77. The normalized spacial score (nSPS) is 11.7. The molecule has 0 aliphatic carbocycles. The highest BCUT2D eigenvalue weighted by atomic mass is 32.1.